The Morgan fingerprint density at radius 1 is 1.57 bits per heavy atom. The zero-order valence-corrected chi connectivity index (χ0v) is 12.8. The predicted molar refractivity (Wildman–Crippen MR) is 85.1 cm³/mol. The van der Waals surface area contributed by atoms with Crippen molar-refractivity contribution in [2.75, 3.05) is 6.54 Å². The molecule has 3 N–H and O–H groups in total. The number of amides is 1. The highest BCUT2D eigenvalue weighted by Crippen LogP contribution is 2.22. The summed E-state index contributed by atoms with van der Waals surface area (Å²) in [6.07, 6.45) is 3.46. The Labute approximate surface area is 128 Å². The van der Waals surface area contributed by atoms with E-state index in [-0.39, 0.29) is 11.9 Å². The van der Waals surface area contributed by atoms with Crippen LogP contribution in [0.25, 0.3) is 0 Å². The van der Waals surface area contributed by atoms with Crippen LogP contribution in [0.2, 0.25) is 0 Å². The Morgan fingerprint density at radius 3 is 3.05 bits per heavy atom. The first-order chi connectivity index (χ1) is 10.1. The van der Waals surface area contributed by atoms with Gasteiger partial charge >= 0.3 is 0 Å². The number of hydrogen-bond donors (Lipinski definition) is 2. The lowest BCUT2D eigenvalue weighted by molar-refractivity contribution is 0.0944. The minimum atomic E-state index is -0.0970. The number of carbonyl (C=O) groups excluding carboxylic acids is 1. The molecule has 21 heavy (non-hydrogen) atoms. The number of hydrogen-bond acceptors (Lipinski definition) is 4. The number of aryl methyl sites for hydroxylation is 1. The van der Waals surface area contributed by atoms with Gasteiger partial charge in [-0.05, 0) is 37.1 Å². The molecule has 1 atom stereocenters. The molecule has 0 bridgehead atoms. The van der Waals surface area contributed by atoms with Gasteiger partial charge in [-0.1, -0.05) is 17.9 Å². The van der Waals surface area contributed by atoms with E-state index in [1.54, 1.807) is 12.4 Å². The molecule has 0 aliphatic rings. The van der Waals surface area contributed by atoms with Crippen molar-refractivity contribution in [1.82, 2.24) is 10.3 Å². The van der Waals surface area contributed by atoms with E-state index in [0.29, 0.717) is 11.4 Å². The highest BCUT2D eigenvalue weighted by molar-refractivity contribution is 7.14. The second-order valence-electron chi connectivity index (χ2n) is 4.61. The van der Waals surface area contributed by atoms with Crippen LogP contribution in [0.4, 0.5) is 0 Å². The van der Waals surface area contributed by atoms with Crippen molar-refractivity contribution in [1.29, 1.82) is 0 Å². The van der Waals surface area contributed by atoms with Crippen LogP contribution in [0.1, 0.15) is 38.6 Å². The van der Waals surface area contributed by atoms with Crippen LogP contribution in [0.5, 0.6) is 0 Å². The SMILES string of the molecule is Cc1cc(C(=O)NC(C)c2cccnc2)sc1C#CCN. The molecule has 2 rings (SSSR count). The standard InChI is InChI=1S/C16H17N3OS/c1-11-9-15(21-14(11)6-3-7-17)16(20)19-12(2)13-5-4-8-18-10-13/h4-5,8-10,12H,7,17H2,1-2H3,(H,19,20). The van der Waals surface area contributed by atoms with Gasteiger partial charge in [0.05, 0.1) is 22.3 Å². The first-order valence-electron chi connectivity index (χ1n) is 6.62. The van der Waals surface area contributed by atoms with Gasteiger partial charge in [0.25, 0.3) is 5.91 Å². The van der Waals surface area contributed by atoms with E-state index in [1.807, 2.05) is 32.0 Å². The fourth-order valence-corrected chi connectivity index (χ4v) is 2.78. The van der Waals surface area contributed by atoms with Gasteiger partial charge in [-0.2, -0.15) is 0 Å². The van der Waals surface area contributed by atoms with Crippen LogP contribution in [-0.2, 0) is 0 Å². The summed E-state index contributed by atoms with van der Waals surface area (Å²) in [5.74, 6) is 5.70. The second kappa shape index (κ2) is 7.02. The molecule has 0 aromatic carbocycles. The maximum absolute atomic E-state index is 12.3. The first-order valence-corrected chi connectivity index (χ1v) is 7.43. The molecular weight excluding hydrogens is 282 g/mol. The van der Waals surface area contributed by atoms with E-state index in [9.17, 15) is 4.79 Å². The third kappa shape index (κ3) is 3.91. The molecule has 0 aliphatic heterocycles. The molecule has 108 valence electrons. The van der Waals surface area contributed by atoms with Crippen molar-refractivity contribution in [3.05, 3.63) is 51.5 Å². The monoisotopic (exact) mass is 299 g/mol. The van der Waals surface area contributed by atoms with E-state index in [4.69, 9.17) is 5.73 Å². The van der Waals surface area contributed by atoms with Gasteiger partial charge in [0, 0.05) is 12.4 Å². The van der Waals surface area contributed by atoms with Gasteiger partial charge in [0.2, 0.25) is 0 Å². The maximum Gasteiger partial charge on any atom is 0.261 e. The molecule has 0 fully saturated rings. The number of nitrogens with two attached hydrogens (primary N) is 1. The van der Waals surface area contributed by atoms with Crippen molar-refractivity contribution in [2.45, 2.75) is 19.9 Å². The summed E-state index contributed by atoms with van der Waals surface area (Å²) in [5.41, 5.74) is 7.34. The minimum Gasteiger partial charge on any atom is -0.345 e. The summed E-state index contributed by atoms with van der Waals surface area (Å²) in [6.45, 7) is 4.19. The van der Waals surface area contributed by atoms with E-state index in [1.165, 1.54) is 11.3 Å². The quantitative estimate of drug-likeness (QED) is 0.854. The Balaban J connectivity index is 2.10. The number of rotatable bonds is 3. The zero-order chi connectivity index (χ0) is 15.2. The summed E-state index contributed by atoms with van der Waals surface area (Å²) in [5, 5.41) is 2.97. The summed E-state index contributed by atoms with van der Waals surface area (Å²) in [4.78, 5) is 17.9. The number of aromatic nitrogens is 1. The van der Waals surface area contributed by atoms with Crippen molar-refractivity contribution in [2.24, 2.45) is 5.73 Å². The van der Waals surface area contributed by atoms with Gasteiger partial charge in [-0.3, -0.25) is 9.78 Å². The van der Waals surface area contributed by atoms with Crippen LogP contribution < -0.4 is 11.1 Å². The lowest BCUT2D eigenvalue weighted by Gasteiger charge is -2.12. The van der Waals surface area contributed by atoms with Crippen molar-refractivity contribution < 1.29 is 4.79 Å². The molecule has 0 saturated heterocycles. The molecule has 0 saturated carbocycles. The molecule has 2 heterocycles. The van der Waals surface area contributed by atoms with E-state index in [2.05, 4.69) is 22.1 Å². The predicted octanol–water partition coefficient (Wildman–Crippen LogP) is 2.25. The fourth-order valence-electron chi connectivity index (χ4n) is 1.83. The average molecular weight is 299 g/mol. The van der Waals surface area contributed by atoms with Crippen molar-refractivity contribution in [3.63, 3.8) is 0 Å². The van der Waals surface area contributed by atoms with Crippen molar-refractivity contribution in [3.8, 4) is 11.8 Å². The average Bonchev–Trinajstić information content (AvgIpc) is 2.87. The third-order valence-electron chi connectivity index (χ3n) is 2.98. The first kappa shape index (κ1) is 15.2. The van der Waals surface area contributed by atoms with E-state index in [0.717, 1.165) is 16.0 Å². The lowest BCUT2D eigenvalue weighted by atomic mass is 10.1. The fraction of sp³-hybridized carbons (Fsp3) is 0.250. The van der Waals surface area contributed by atoms with Crippen LogP contribution in [0.15, 0.2) is 30.6 Å². The van der Waals surface area contributed by atoms with Gasteiger partial charge in [0.1, 0.15) is 0 Å². The molecule has 5 heteroatoms. The zero-order valence-electron chi connectivity index (χ0n) is 12.0. The Bertz CT molecular complexity index is 683. The second-order valence-corrected chi connectivity index (χ2v) is 5.66. The van der Waals surface area contributed by atoms with Crippen molar-refractivity contribution >= 4 is 17.2 Å². The summed E-state index contributed by atoms with van der Waals surface area (Å²) < 4.78 is 0. The van der Waals surface area contributed by atoms with Gasteiger partial charge in [0.15, 0.2) is 0 Å². The highest BCUT2D eigenvalue weighted by atomic mass is 32.1. The molecule has 1 amide bonds. The third-order valence-corrected chi connectivity index (χ3v) is 4.13. The minimum absolute atomic E-state index is 0.0906. The smallest absolute Gasteiger partial charge is 0.261 e. The molecule has 4 nitrogen and oxygen atoms in total. The summed E-state index contributed by atoms with van der Waals surface area (Å²) >= 11 is 1.39. The number of pyridine rings is 1. The Morgan fingerprint density at radius 2 is 2.38 bits per heavy atom. The molecule has 2 aromatic heterocycles. The number of nitrogens with one attached hydrogen (secondary N) is 1. The van der Waals surface area contributed by atoms with Crippen LogP contribution in [0.3, 0.4) is 0 Å². The maximum atomic E-state index is 12.3. The van der Waals surface area contributed by atoms with Crippen LogP contribution >= 0.6 is 11.3 Å². The highest BCUT2D eigenvalue weighted by Gasteiger charge is 2.14. The van der Waals surface area contributed by atoms with Crippen LogP contribution in [0, 0.1) is 18.8 Å². The van der Waals surface area contributed by atoms with Crippen LogP contribution in [-0.4, -0.2) is 17.4 Å². The number of nitrogens with zero attached hydrogens (tertiary/aromatic N) is 1. The molecular formula is C16H17N3OS. The van der Waals surface area contributed by atoms with Gasteiger partial charge in [-0.15, -0.1) is 11.3 Å². The Hall–Kier alpha value is -2.16. The number of thiophene rings is 1. The van der Waals surface area contributed by atoms with E-state index < -0.39 is 0 Å². The summed E-state index contributed by atoms with van der Waals surface area (Å²) in [6, 6.07) is 5.56. The molecule has 0 aliphatic carbocycles. The normalized spacial score (nSPS) is 11.4. The molecule has 0 spiro atoms. The van der Waals surface area contributed by atoms with E-state index >= 15 is 0 Å². The molecule has 0 radical (unpaired) electrons. The van der Waals surface area contributed by atoms with Gasteiger partial charge < -0.3 is 11.1 Å². The molecule has 1 unspecified atom stereocenters. The number of carbonyl (C=O) groups is 1. The molecule has 2 aromatic rings. The summed E-state index contributed by atoms with van der Waals surface area (Å²) in [7, 11) is 0. The topological polar surface area (TPSA) is 68.0 Å². The lowest BCUT2D eigenvalue weighted by Crippen LogP contribution is -2.25. The largest absolute Gasteiger partial charge is 0.345 e. The Kier molecular flexibility index (Phi) is 5.09. The van der Waals surface area contributed by atoms with Gasteiger partial charge in [-0.25, -0.2) is 0 Å².